The van der Waals surface area contributed by atoms with Crippen LogP contribution in [0.3, 0.4) is 0 Å². The molecule has 2 N–H and O–H groups in total. The Balaban J connectivity index is 1.87. The Labute approximate surface area is 112 Å². The molecule has 1 aromatic rings. The zero-order valence-electron chi connectivity index (χ0n) is 11.1. The van der Waals surface area contributed by atoms with Gasteiger partial charge in [-0.2, -0.15) is 15.0 Å². The van der Waals surface area contributed by atoms with E-state index in [1.165, 1.54) is 6.42 Å². The number of nitrogens with zero attached hydrogens (tertiary/aromatic N) is 4. The third kappa shape index (κ3) is 2.42. The second kappa shape index (κ2) is 5.16. The Kier molecular flexibility index (Phi) is 3.37. The molecular formula is C12H19N5O2. The van der Waals surface area contributed by atoms with Crippen LogP contribution >= 0.6 is 0 Å². The van der Waals surface area contributed by atoms with E-state index in [9.17, 15) is 0 Å². The van der Waals surface area contributed by atoms with Gasteiger partial charge in [-0.3, -0.25) is 0 Å². The average Bonchev–Trinajstić information content (AvgIpc) is 2.86. The van der Waals surface area contributed by atoms with Crippen molar-refractivity contribution in [1.29, 1.82) is 0 Å². The van der Waals surface area contributed by atoms with Crippen LogP contribution in [-0.4, -0.2) is 46.9 Å². The predicted octanol–water partition coefficient (Wildman–Crippen LogP) is 0.610. The predicted molar refractivity (Wildman–Crippen MR) is 70.1 cm³/mol. The third-order valence-electron chi connectivity index (χ3n) is 3.63. The molecule has 0 amide bonds. The molecule has 7 nitrogen and oxygen atoms in total. The number of aromatic nitrogens is 3. The summed E-state index contributed by atoms with van der Waals surface area (Å²) in [7, 11) is 0. The molecule has 104 valence electrons. The Morgan fingerprint density at radius 2 is 2.26 bits per heavy atom. The van der Waals surface area contributed by atoms with Crippen LogP contribution in [0.25, 0.3) is 0 Å². The highest BCUT2D eigenvalue weighted by Crippen LogP contribution is 2.32. The second-order valence-corrected chi connectivity index (χ2v) is 4.81. The van der Waals surface area contributed by atoms with Gasteiger partial charge in [-0.15, -0.1) is 0 Å². The highest BCUT2D eigenvalue weighted by molar-refractivity contribution is 5.38. The summed E-state index contributed by atoms with van der Waals surface area (Å²) in [5, 5.41) is 0. The summed E-state index contributed by atoms with van der Waals surface area (Å²) in [5.74, 6) is 0.811. The van der Waals surface area contributed by atoms with Crippen LogP contribution < -0.4 is 15.4 Å². The Hall–Kier alpha value is -1.63. The first-order chi connectivity index (χ1) is 9.28. The van der Waals surface area contributed by atoms with Crippen LogP contribution in [0, 0.1) is 0 Å². The third-order valence-corrected chi connectivity index (χ3v) is 3.63. The van der Waals surface area contributed by atoms with Gasteiger partial charge < -0.3 is 20.1 Å². The summed E-state index contributed by atoms with van der Waals surface area (Å²) in [6.45, 7) is 3.90. The molecule has 0 radical (unpaired) electrons. The molecule has 2 unspecified atom stereocenters. The van der Waals surface area contributed by atoms with Gasteiger partial charge in [0.15, 0.2) is 0 Å². The minimum atomic E-state index is 0.203. The fraction of sp³-hybridized carbons (Fsp3) is 0.750. The molecule has 19 heavy (non-hydrogen) atoms. The Bertz CT molecular complexity index is 456. The molecule has 2 heterocycles. The summed E-state index contributed by atoms with van der Waals surface area (Å²) < 4.78 is 11.1. The summed E-state index contributed by atoms with van der Waals surface area (Å²) in [6, 6.07) is 0.649. The lowest BCUT2D eigenvalue weighted by Crippen LogP contribution is -2.49. The molecule has 7 heteroatoms. The number of ether oxygens (including phenoxy) is 2. The normalized spacial score (nSPS) is 26.3. The molecule has 1 saturated carbocycles. The average molecular weight is 265 g/mol. The van der Waals surface area contributed by atoms with Gasteiger partial charge >= 0.3 is 6.01 Å². The van der Waals surface area contributed by atoms with Gasteiger partial charge in [-0.25, -0.2) is 0 Å². The lowest BCUT2D eigenvalue weighted by molar-refractivity contribution is 0.0249. The maximum absolute atomic E-state index is 5.79. The molecule has 0 aromatic carbocycles. The van der Waals surface area contributed by atoms with E-state index < -0.39 is 0 Å². The quantitative estimate of drug-likeness (QED) is 0.856. The van der Waals surface area contributed by atoms with Crippen molar-refractivity contribution in [1.82, 2.24) is 15.0 Å². The van der Waals surface area contributed by atoms with Crippen LogP contribution in [0.4, 0.5) is 11.9 Å². The van der Waals surface area contributed by atoms with Crippen molar-refractivity contribution in [3.8, 4) is 6.01 Å². The molecule has 1 aliphatic heterocycles. The van der Waals surface area contributed by atoms with E-state index in [0.717, 1.165) is 19.4 Å². The van der Waals surface area contributed by atoms with Crippen molar-refractivity contribution in [3.63, 3.8) is 0 Å². The highest BCUT2D eigenvalue weighted by Gasteiger charge is 2.37. The number of hydrogen-bond acceptors (Lipinski definition) is 7. The van der Waals surface area contributed by atoms with Crippen molar-refractivity contribution in [2.24, 2.45) is 0 Å². The SMILES string of the molecule is CCOc1nc(N)nc(N2CCOC3CCCC32)n1. The van der Waals surface area contributed by atoms with Crippen LogP contribution in [-0.2, 0) is 4.74 Å². The standard InChI is InChI=1S/C12H19N5O2/c1-2-18-12-15-10(13)14-11(16-12)17-6-7-19-9-5-3-4-8(9)17/h8-9H,2-7H2,1H3,(H2,13,14,15,16). The number of nitrogen functional groups attached to an aromatic ring is 1. The van der Waals surface area contributed by atoms with E-state index in [1.807, 2.05) is 6.92 Å². The van der Waals surface area contributed by atoms with Crippen molar-refractivity contribution >= 4 is 11.9 Å². The fourth-order valence-corrected chi connectivity index (χ4v) is 2.86. The molecule has 3 rings (SSSR count). The van der Waals surface area contributed by atoms with Gasteiger partial charge in [0.2, 0.25) is 11.9 Å². The number of anilines is 2. The topological polar surface area (TPSA) is 86.4 Å². The Morgan fingerprint density at radius 3 is 3.11 bits per heavy atom. The van der Waals surface area contributed by atoms with Gasteiger partial charge in [0.05, 0.1) is 25.4 Å². The van der Waals surface area contributed by atoms with E-state index in [1.54, 1.807) is 0 Å². The number of fused-ring (bicyclic) bond motifs is 1. The lowest BCUT2D eigenvalue weighted by atomic mass is 10.1. The van der Waals surface area contributed by atoms with Crippen molar-refractivity contribution in [3.05, 3.63) is 0 Å². The van der Waals surface area contributed by atoms with Gasteiger partial charge in [0, 0.05) is 6.54 Å². The smallest absolute Gasteiger partial charge is 0.323 e. The first kappa shape index (κ1) is 12.4. The summed E-state index contributed by atoms with van der Waals surface area (Å²) >= 11 is 0. The molecule has 1 saturated heterocycles. The van der Waals surface area contributed by atoms with Crippen LogP contribution in [0.15, 0.2) is 0 Å². The van der Waals surface area contributed by atoms with Gasteiger partial charge in [-0.1, -0.05) is 0 Å². The van der Waals surface area contributed by atoms with Gasteiger partial charge in [0.25, 0.3) is 0 Å². The van der Waals surface area contributed by atoms with Crippen LogP contribution in [0.2, 0.25) is 0 Å². The zero-order chi connectivity index (χ0) is 13.2. The number of rotatable bonds is 3. The molecule has 1 aliphatic carbocycles. The monoisotopic (exact) mass is 265 g/mol. The first-order valence-corrected chi connectivity index (χ1v) is 6.80. The van der Waals surface area contributed by atoms with Gasteiger partial charge in [0.1, 0.15) is 0 Å². The highest BCUT2D eigenvalue weighted by atomic mass is 16.5. The molecular weight excluding hydrogens is 246 g/mol. The van der Waals surface area contributed by atoms with Crippen LogP contribution in [0.1, 0.15) is 26.2 Å². The van der Waals surface area contributed by atoms with Crippen molar-refractivity contribution < 1.29 is 9.47 Å². The van der Waals surface area contributed by atoms with Crippen molar-refractivity contribution in [2.75, 3.05) is 30.4 Å². The largest absolute Gasteiger partial charge is 0.464 e. The molecule has 2 aliphatic rings. The second-order valence-electron chi connectivity index (χ2n) is 4.81. The number of morpholine rings is 1. The van der Waals surface area contributed by atoms with E-state index >= 15 is 0 Å². The van der Waals surface area contributed by atoms with E-state index in [4.69, 9.17) is 15.2 Å². The van der Waals surface area contributed by atoms with Crippen molar-refractivity contribution in [2.45, 2.75) is 38.3 Å². The first-order valence-electron chi connectivity index (χ1n) is 6.80. The molecule has 0 spiro atoms. The maximum atomic E-state index is 5.79. The zero-order valence-corrected chi connectivity index (χ0v) is 11.1. The molecule has 2 fully saturated rings. The van der Waals surface area contributed by atoms with E-state index in [-0.39, 0.29) is 5.95 Å². The molecule has 1 aromatic heterocycles. The summed E-state index contributed by atoms with van der Waals surface area (Å²) in [4.78, 5) is 14.8. The van der Waals surface area contributed by atoms with Crippen LogP contribution in [0.5, 0.6) is 6.01 Å². The Morgan fingerprint density at radius 1 is 1.37 bits per heavy atom. The molecule has 2 atom stereocenters. The van der Waals surface area contributed by atoms with Gasteiger partial charge in [-0.05, 0) is 26.2 Å². The summed E-state index contributed by atoms with van der Waals surface area (Å²) in [5.41, 5.74) is 5.73. The summed E-state index contributed by atoms with van der Waals surface area (Å²) in [6.07, 6.45) is 3.70. The number of nitrogens with two attached hydrogens (primary N) is 1. The van der Waals surface area contributed by atoms with E-state index in [0.29, 0.717) is 37.3 Å². The lowest BCUT2D eigenvalue weighted by Gasteiger charge is -2.37. The molecule has 0 bridgehead atoms. The minimum absolute atomic E-state index is 0.203. The fourth-order valence-electron chi connectivity index (χ4n) is 2.86. The maximum Gasteiger partial charge on any atom is 0.323 e. The van der Waals surface area contributed by atoms with E-state index in [2.05, 4.69) is 19.9 Å². The number of hydrogen-bond donors (Lipinski definition) is 1. The minimum Gasteiger partial charge on any atom is -0.464 e.